The van der Waals surface area contributed by atoms with Crippen molar-refractivity contribution in [1.29, 1.82) is 5.26 Å². The highest BCUT2D eigenvalue weighted by molar-refractivity contribution is 5.93. The highest BCUT2D eigenvalue weighted by Crippen LogP contribution is 2.42. The van der Waals surface area contributed by atoms with Gasteiger partial charge in [-0.1, -0.05) is 40.5 Å². The van der Waals surface area contributed by atoms with Crippen LogP contribution in [0.4, 0.5) is 5.82 Å². The predicted octanol–water partition coefficient (Wildman–Crippen LogP) is 2.36. The first-order valence-electron chi connectivity index (χ1n) is 14.4. The molecule has 0 unspecified atom stereocenters. The van der Waals surface area contributed by atoms with E-state index >= 15 is 0 Å². The van der Waals surface area contributed by atoms with Crippen molar-refractivity contribution < 1.29 is 33.7 Å². The van der Waals surface area contributed by atoms with E-state index in [1.807, 2.05) is 13.0 Å². The Bertz CT molecular complexity index is 1340. The number of amides is 1. The zero-order valence-corrected chi connectivity index (χ0v) is 24.5. The van der Waals surface area contributed by atoms with Crippen LogP contribution in [0, 0.1) is 22.7 Å². The zero-order chi connectivity index (χ0) is 30.7. The Morgan fingerprint density at radius 2 is 2.07 bits per heavy atom. The lowest BCUT2D eigenvalue weighted by atomic mass is 9.83. The summed E-state index contributed by atoms with van der Waals surface area (Å²) in [5.74, 6) is -0.966. The number of hydrogen-bond donors (Lipinski definition) is 3. The highest BCUT2D eigenvalue weighted by Gasteiger charge is 2.60. The number of ether oxygens (including phenoxy) is 3. The number of nitrogens with one attached hydrogen (secondary N) is 1. The van der Waals surface area contributed by atoms with Gasteiger partial charge in [0, 0.05) is 12.8 Å². The molecule has 0 bridgehead atoms. The van der Waals surface area contributed by atoms with Crippen LogP contribution < -0.4 is 11.1 Å². The molecule has 2 aromatic rings. The smallest absolute Gasteiger partial charge is 0.323 e. The molecule has 1 aliphatic carbocycles. The summed E-state index contributed by atoms with van der Waals surface area (Å²) >= 11 is 0. The van der Waals surface area contributed by atoms with Gasteiger partial charge in [0.05, 0.1) is 5.69 Å². The maximum atomic E-state index is 13.0. The van der Waals surface area contributed by atoms with E-state index in [1.165, 1.54) is 16.9 Å². The fourth-order valence-electron chi connectivity index (χ4n) is 5.01. The summed E-state index contributed by atoms with van der Waals surface area (Å²) in [5.41, 5.74) is 3.87. The standard InChI is InChI=1S/C29H40N6O7/c1-5-6-10-21(36)34-26-18-11-12-20(35(18)33-16-32-26)29(15-30)25(38)23(41-27(39)24(31)28(2,3)4)19(42-29)14-40-22(37)13-17-8-7-9-17/h11-12,16-17,19,23-25,38H,5-10,13-14,31H2,1-4H3,(H,32,33,34,36)/t19-,23-,24-,25-,29+/m1/s1. The van der Waals surface area contributed by atoms with Gasteiger partial charge in [-0.25, -0.2) is 9.50 Å². The minimum absolute atomic E-state index is 0.114. The molecule has 2 fully saturated rings. The SMILES string of the molecule is CCCCC(=O)Nc1ncnn2c([C@]3(C#N)O[C@H](COC(=O)CC4CCC4)[C@@H](OC(=O)[C@@H](N)C(C)(C)C)[C@H]3O)ccc12. The first-order valence-corrected chi connectivity index (χ1v) is 14.4. The molecule has 3 heterocycles. The fourth-order valence-corrected chi connectivity index (χ4v) is 5.01. The van der Waals surface area contributed by atoms with Crippen molar-refractivity contribution in [2.45, 2.75) is 103 Å². The van der Waals surface area contributed by atoms with Crippen molar-refractivity contribution in [3.05, 3.63) is 24.2 Å². The number of aliphatic hydroxyl groups is 1. The van der Waals surface area contributed by atoms with Crippen LogP contribution in [0.3, 0.4) is 0 Å². The lowest BCUT2D eigenvalue weighted by molar-refractivity contribution is -0.163. The predicted molar refractivity (Wildman–Crippen MR) is 150 cm³/mol. The van der Waals surface area contributed by atoms with Gasteiger partial charge in [-0.15, -0.1) is 0 Å². The van der Waals surface area contributed by atoms with Crippen LogP contribution >= 0.6 is 0 Å². The number of hydrogen-bond acceptors (Lipinski definition) is 11. The van der Waals surface area contributed by atoms with Gasteiger partial charge in [0.15, 0.2) is 11.9 Å². The number of nitrogens with two attached hydrogens (primary N) is 1. The molecule has 0 aromatic carbocycles. The monoisotopic (exact) mass is 584 g/mol. The Morgan fingerprint density at radius 3 is 2.69 bits per heavy atom. The number of aliphatic hydroxyl groups excluding tert-OH is 1. The van der Waals surface area contributed by atoms with Crippen LogP contribution in [-0.4, -0.2) is 68.5 Å². The van der Waals surface area contributed by atoms with Crippen molar-refractivity contribution >= 4 is 29.2 Å². The average molecular weight is 585 g/mol. The average Bonchev–Trinajstić information content (AvgIpc) is 3.48. The molecular formula is C29H40N6O7. The summed E-state index contributed by atoms with van der Waals surface area (Å²) in [6.07, 6.45) is 2.06. The Hall–Kier alpha value is -3.60. The van der Waals surface area contributed by atoms with Gasteiger partial charge in [0.1, 0.15) is 42.8 Å². The fraction of sp³-hybridized carbons (Fsp3) is 0.655. The highest BCUT2D eigenvalue weighted by atomic mass is 16.6. The number of fused-ring (bicyclic) bond motifs is 1. The van der Waals surface area contributed by atoms with E-state index in [0.717, 1.165) is 25.7 Å². The number of nitriles is 1. The van der Waals surface area contributed by atoms with Crippen LogP contribution in [0.25, 0.3) is 5.52 Å². The number of rotatable bonds is 11. The van der Waals surface area contributed by atoms with E-state index in [-0.39, 0.29) is 36.4 Å². The molecule has 0 radical (unpaired) electrons. The van der Waals surface area contributed by atoms with Gasteiger partial charge in [-0.3, -0.25) is 14.4 Å². The second-order valence-corrected chi connectivity index (χ2v) is 12.2. The van der Waals surface area contributed by atoms with Crippen LogP contribution in [0.5, 0.6) is 0 Å². The molecule has 42 heavy (non-hydrogen) atoms. The van der Waals surface area contributed by atoms with Crippen molar-refractivity contribution in [2.24, 2.45) is 17.1 Å². The normalized spacial score (nSPS) is 24.9. The molecule has 4 rings (SSSR count). The largest absolute Gasteiger partial charge is 0.463 e. The van der Waals surface area contributed by atoms with Gasteiger partial charge >= 0.3 is 11.9 Å². The summed E-state index contributed by atoms with van der Waals surface area (Å²) in [4.78, 5) is 42.1. The molecule has 228 valence electrons. The molecule has 2 aliphatic rings. The number of esters is 2. The Labute approximate surface area is 244 Å². The van der Waals surface area contributed by atoms with Gasteiger partial charge in [-0.05, 0) is 42.7 Å². The molecule has 1 aliphatic heterocycles. The Kier molecular flexibility index (Phi) is 9.50. The zero-order valence-electron chi connectivity index (χ0n) is 24.5. The third-order valence-electron chi connectivity index (χ3n) is 7.97. The molecule has 1 amide bonds. The van der Waals surface area contributed by atoms with E-state index in [1.54, 1.807) is 26.8 Å². The van der Waals surface area contributed by atoms with Crippen LogP contribution in [-0.2, 0) is 34.2 Å². The van der Waals surface area contributed by atoms with Crippen molar-refractivity contribution in [1.82, 2.24) is 14.6 Å². The number of nitrogens with zero attached hydrogens (tertiary/aromatic N) is 4. The number of aromatic nitrogens is 3. The number of anilines is 1. The summed E-state index contributed by atoms with van der Waals surface area (Å²) in [6, 6.07) is 4.10. The number of unbranched alkanes of at least 4 members (excludes halogenated alkanes) is 1. The summed E-state index contributed by atoms with van der Waals surface area (Å²) in [7, 11) is 0. The maximum Gasteiger partial charge on any atom is 0.323 e. The summed E-state index contributed by atoms with van der Waals surface area (Å²) in [5, 5.41) is 29.0. The third kappa shape index (κ3) is 6.40. The Balaban J connectivity index is 1.64. The molecule has 13 nitrogen and oxygen atoms in total. The van der Waals surface area contributed by atoms with Crippen molar-refractivity contribution in [3.8, 4) is 6.07 Å². The van der Waals surface area contributed by atoms with E-state index in [9.17, 15) is 24.8 Å². The molecule has 0 spiro atoms. The van der Waals surface area contributed by atoms with E-state index in [0.29, 0.717) is 18.4 Å². The molecule has 1 saturated carbocycles. The van der Waals surface area contributed by atoms with Gasteiger partial charge in [0.25, 0.3) is 0 Å². The Morgan fingerprint density at radius 1 is 1.33 bits per heavy atom. The number of carbonyl (C=O) groups is 3. The minimum atomic E-state index is -2.08. The molecule has 4 N–H and O–H groups in total. The van der Waals surface area contributed by atoms with Crippen LogP contribution in [0.2, 0.25) is 0 Å². The van der Waals surface area contributed by atoms with E-state index in [2.05, 4.69) is 15.4 Å². The molecule has 5 atom stereocenters. The van der Waals surface area contributed by atoms with E-state index < -0.39 is 47.3 Å². The van der Waals surface area contributed by atoms with E-state index in [4.69, 9.17) is 19.9 Å². The van der Waals surface area contributed by atoms with Gasteiger partial charge in [-0.2, -0.15) is 10.4 Å². The first kappa shape index (κ1) is 31.3. The lowest BCUT2D eigenvalue weighted by Crippen LogP contribution is -2.49. The molecule has 2 aromatic heterocycles. The minimum Gasteiger partial charge on any atom is -0.463 e. The van der Waals surface area contributed by atoms with Gasteiger partial charge < -0.3 is 30.4 Å². The van der Waals surface area contributed by atoms with Crippen molar-refractivity contribution in [2.75, 3.05) is 11.9 Å². The number of carbonyl (C=O) groups excluding carboxylic acids is 3. The lowest BCUT2D eigenvalue weighted by Gasteiger charge is -2.29. The topological polar surface area (TPSA) is 191 Å². The summed E-state index contributed by atoms with van der Waals surface area (Å²) < 4.78 is 18.6. The second kappa shape index (κ2) is 12.7. The summed E-state index contributed by atoms with van der Waals surface area (Å²) in [6.45, 7) is 6.93. The van der Waals surface area contributed by atoms with Crippen LogP contribution in [0.1, 0.15) is 78.3 Å². The molecule has 13 heteroatoms. The van der Waals surface area contributed by atoms with Crippen LogP contribution in [0.15, 0.2) is 18.5 Å². The third-order valence-corrected chi connectivity index (χ3v) is 7.97. The second-order valence-electron chi connectivity index (χ2n) is 12.2. The molecular weight excluding hydrogens is 544 g/mol. The first-order chi connectivity index (χ1) is 19.9. The van der Waals surface area contributed by atoms with Crippen molar-refractivity contribution in [3.63, 3.8) is 0 Å². The molecule has 1 saturated heterocycles. The quantitative estimate of drug-likeness (QED) is 0.329. The maximum absolute atomic E-state index is 13.0. The van der Waals surface area contributed by atoms with Gasteiger partial charge in [0.2, 0.25) is 11.5 Å².